The Morgan fingerprint density at radius 3 is 2.00 bits per heavy atom. The first kappa shape index (κ1) is 29.4. The molecule has 1 atom stereocenters. The average Bonchev–Trinajstić information content (AvgIpc) is 3.67. The summed E-state index contributed by atoms with van der Waals surface area (Å²) in [6, 6.07) is 66.6. The van der Waals surface area contributed by atoms with Crippen LogP contribution in [0.15, 0.2) is 186 Å². The second-order valence-corrected chi connectivity index (χ2v) is 15.9. The van der Waals surface area contributed by atoms with E-state index in [1.54, 1.807) is 0 Å². The highest BCUT2D eigenvalue weighted by molar-refractivity contribution is 7.99. The van der Waals surface area contributed by atoms with E-state index in [0.29, 0.717) is 0 Å². The maximum Gasteiger partial charge on any atom is 0.0731 e. The molecule has 0 N–H and O–H groups in total. The lowest BCUT2D eigenvalue weighted by Crippen LogP contribution is -2.26. The van der Waals surface area contributed by atoms with Crippen molar-refractivity contribution in [1.82, 2.24) is 0 Å². The molecule has 1 spiro atoms. The molecule has 0 aromatic heterocycles. The van der Waals surface area contributed by atoms with Crippen LogP contribution in [0.3, 0.4) is 0 Å². The van der Waals surface area contributed by atoms with Gasteiger partial charge in [0.15, 0.2) is 0 Å². The molecule has 0 radical (unpaired) electrons. The summed E-state index contributed by atoms with van der Waals surface area (Å²) in [7, 11) is 0. The van der Waals surface area contributed by atoms with Crippen molar-refractivity contribution in [3.63, 3.8) is 0 Å². The van der Waals surface area contributed by atoms with Crippen LogP contribution < -0.4 is 0 Å². The van der Waals surface area contributed by atoms with Crippen LogP contribution in [0.1, 0.15) is 27.8 Å². The zero-order chi connectivity index (χ0) is 34.8. The van der Waals surface area contributed by atoms with Crippen LogP contribution in [0.25, 0.3) is 77.2 Å². The average molecular weight is 689 g/mol. The third-order valence-electron chi connectivity index (χ3n) is 12.1. The Bertz CT molecular complexity index is 3060. The van der Waals surface area contributed by atoms with Crippen molar-refractivity contribution >= 4 is 33.3 Å². The number of aryl methyl sites for hydroxylation is 1. The van der Waals surface area contributed by atoms with Gasteiger partial charge in [0.05, 0.1) is 5.41 Å². The lowest BCUT2D eigenvalue weighted by Gasteiger charge is -2.32. The molecule has 246 valence electrons. The highest BCUT2D eigenvalue weighted by Crippen LogP contribution is 2.64. The summed E-state index contributed by atoms with van der Waals surface area (Å²) >= 11 is 1.89. The lowest BCUT2D eigenvalue weighted by molar-refractivity contribution is 0.800. The standard InChI is InChI=1S/C52H32S/c1-31-20-23-40-44-25-21-32-10-2-3-13-37(32)51(44)52(46(40)28-31)45-18-6-4-14-38(45)39-24-22-34(30-47(39)52)33-11-8-12-35(29-33)36-26-27-49-50-42(36)16-9-17-43(50)41-15-5-7-19-48(41)53-49/h2-30H,1H3. The quantitative estimate of drug-likeness (QED) is 0.174. The minimum atomic E-state index is -0.415. The molecule has 12 rings (SSSR count). The molecule has 9 aromatic carbocycles. The Hall–Kier alpha value is -6.15. The molecule has 0 fully saturated rings. The van der Waals surface area contributed by atoms with E-state index >= 15 is 0 Å². The topological polar surface area (TPSA) is 0 Å². The first-order valence-corrected chi connectivity index (χ1v) is 19.3. The van der Waals surface area contributed by atoms with Gasteiger partial charge in [-0.15, -0.1) is 0 Å². The second kappa shape index (κ2) is 10.7. The van der Waals surface area contributed by atoms with Crippen molar-refractivity contribution < 1.29 is 0 Å². The van der Waals surface area contributed by atoms with Gasteiger partial charge in [-0.2, -0.15) is 0 Å². The Labute approximate surface area is 313 Å². The van der Waals surface area contributed by atoms with Crippen LogP contribution in [0.5, 0.6) is 0 Å². The van der Waals surface area contributed by atoms with Crippen LogP contribution in [0, 0.1) is 6.92 Å². The van der Waals surface area contributed by atoms with E-state index < -0.39 is 5.41 Å². The Morgan fingerprint density at radius 2 is 1.04 bits per heavy atom. The minimum absolute atomic E-state index is 0.415. The van der Waals surface area contributed by atoms with Gasteiger partial charge in [-0.1, -0.05) is 169 Å². The number of hydrogen-bond acceptors (Lipinski definition) is 1. The van der Waals surface area contributed by atoms with Crippen molar-refractivity contribution in [2.75, 3.05) is 0 Å². The maximum absolute atomic E-state index is 2.52. The van der Waals surface area contributed by atoms with Gasteiger partial charge in [-0.25, -0.2) is 0 Å². The SMILES string of the molecule is Cc1ccc2c(c1)C1(c3ccccc3-c3ccc(-c4cccc(-c5ccc6c7c(cccc57)-c5ccccc5S6)c4)cc31)c1c-2ccc2ccccc12. The summed E-state index contributed by atoms with van der Waals surface area (Å²) in [5.74, 6) is 0. The molecule has 0 nitrogen and oxygen atoms in total. The van der Waals surface area contributed by atoms with Gasteiger partial charge >= 0.3 is 0 Å². The fourth-order valence-electron chi connectivity index (χ4n) is 9.95. The van der Waals surface area contributed by atoms with E-state index in [9.17, 15) is 0 Å². The van der Waals surface area contributed by atoms with Crippen LogP contribution in [0.4, 0.5) is 0 Å². The molecular formula is C52H32S. The zero-order valence-electron chi connectivity index (χ0n) is 29.2. The maximum atomic E-state index is 2.52. The number of fused-ring (bicyclic) bond motifs is 14. The molecule has 53 heavy (non-hydrogen) atoms. The molecule has 0 saturated heterocycles. The van der Waals surface area contributed by atoms with Gasteiger partial charge in [-0.05, 0) is 125 Å². The molecule has 0 amide bonds. The molecule has 0 bridgehead atoms. The summed E-state index contributed by atoms with van der Waals surface area (Å²) in [5, 5.41) is 5.28. The first-order valence-electron chi connectivity index (χ1n) is 18.5. The Balaban J connectivity index is 1.09. The molecule has 1 heteroatoms. The first-order chi connectivity index (χ1) is 26.2. The van der Waals surface area contributed by atoms with Gasteiger partial charge in [0.1, 0.15) is 0 Å². The fourth-order valence-corrected chi connectivity index (χ4v) is 11.1. The van der Waals surface area contributed by atoms with Crippen molar-refractivity contribution in [2.45, 2.75) is 22.1 Å². The van der Waals surface area contributed by atoms with Crippen molar-refractivity contribution in [3.8, 4) is 55.6 Å². The summed E-state index contributed by atoms with van der Waals surface area (Å²) < 4.78 is 0. The van der Waals surface area contributed by atoms with E-state index in [1.807, 2.05) is 11.8 Å². The predicted molar refractivity (Wildman–Crippen MR) is 223 cm³/mol. The smallest absolute Gasteiger partial charge is 0.0731 e. The molecular weight excluding hydrogens is 657 g/mol. The lowest BCUT2D eigenvalue weighted by atomic mass is 9.69. The van der Waals surface area contributed by atoms with E-state index in [0.717, 1.165) is 0 Å². The summed E-state index contributed by atoms with van der Waals surface area (Å²) in [6.45, 7) is 2.23. The van der Waals surface area contributed by atoms with Crippen LogP contribution in [-0.4, -0.2) is 0 Å². The van der Waals surface area contributed by atoms with E-state index in [4.69, 9.17) is 0 Å². The van der Waals surface area contributed by atoms with Gasteiger partial charge < -0.3 is 0 Å². The third-order valence-corrected chi connectivity index (χ3v) is 13.3. The van der Waals surface area contributed by atoms with Gasteiger partial charge in [-0.3, -0.25) is 0 Å². The van der Waals surface area contributed by atoms with E-state index in [-0.39, 0.29) is 0 Å². The van der Waals surface area contributed by atoms with E-state index in [1.165, 1.54) is 115 Å². The molecule has 1 heterocycles. The third kappa shape index (κ3) is 3.87. The zero-order valence-corrected chi connectivity index (χ0v) is 30.0. The summed E-state index contributed by atoms with van der Waals surface area (Å²) in [4.78, 5) is 2.66. The van der Waals surface area contributed by atoms with E-state index in [2.05, 4.69) is 183 Å². The van der Waals surface area contributed by atoms with Crippen molar-refractivity contribution in [1.29, 1.82) is 0 Å². The largest absolute Gasteiger partial charge is 0.0888 e. The highest BCUT2D eigenvalue weighted by Gasteiger charge is 2.52. The van der Waals surface area contributed by atoms with Crippen molar-refractivity contribution in [3.05, 3.63) is 204 Å². The predicted octanol–water partition coefficient (Wildman–Crippen LogP) is 14.1. The van der Waals surface area contributed by atoms with Gasteiger partial charge in [0, 0.05) is 15.2 Å². The summed E-state index contributed by atoms with van der Waals surface area (Å²) in [5.41, 5.74) is 19.4. The summed E-state index contributed by atoms with van der Waals surface area (Å²) in [6.07, 6.45) is 0. The molecule has 0 saturated carbocycles. The monoisotopic (exact) mass is 688 g/mol. The molecule has 1 unspecified atom stereocenters. The van der Waals surface area contributed by atoms with Crippen LogP contribution in [-0.2, 0) is 5.41 Å². The molecule has 1 aliphatic heterocycles. The number of benzene rings is 9. The molecule has 9 aromatic rings. The Morgan fingerprint density at radius 1 is 0.377 bits per heavy atom. The number of hydrogen-bond donors (Lipinski definition) is 0. The molecule has 3 aliphatic rings. The Kier molecular flexibility index (Phi) is 5.94. The highest BCUT2D eigenvalue weighted by atomic mass is 32.2. The second-order valence-electron chi connectivity index (χ2n) is 14.8. The van der Waals surface area contributed by atoms with Crippen molar-refractivity contribution in [2.24, 2.45) is 0 Å². The van der Waals surface area contributed by atoms with Gasteiger partial charge in [0.2, 0.25) is 0 Å². The number of rotatable bonds is 2. The van der Waals surface area contributed by atoms with Gasteiger partial charge in [0.25, 0.3) is 0 Å². The fraction of sp³-hybridized carbons (Fsp3) is 0.0385. The van der Waals surface area contributed by atoms with Crippen LogP contribution >= 0.6 is 11.8 Å². The minimum Gasteiger partial charge on any atom is -0.0888 e. The molecule has 2 aliphatic carbocycles. The normalized spacial score (nSPS) is 15.6. The van der Waals surface area contributed by atoms with Crippen LogP contribution in [0.2, 0.25) is 0 Å².